The molecule has 6 nitrogen and oxygen atoms in total. The lowest BCUT2D eigenvalue weighted by Gasteiger charge is -2.33. The van der Waals surface area contributed by atoms with Crippen molar-refractivity contribution >= 4 is 36.2 Å². The van der Waals surface area contributed by atoms with Gasteiger partial charge in [0.05, 0.1) is 4.08 Å². The number of hydrogen-bond acceptors (Lipinski definition) is 9. The van der Waals surface area contributed by atoms with Crippen LogP contribution in [0.4, 0.5) is 0 Å². The highest BCUT2D eigenvalue weighted by atomic mass is 32.2. The van der Waals surface area contributed by atoms with E-state index in [9.17, 15) is 20.4 Å². The highest BCUT2D eigenvalue weighted by Crippen LogP contribution is 2.52. The van der Waals surface area contributed by atoms with Crippen LogP contribution in [0.15, 0.2) is 45.0 Å². The van der Waals surface area contributed by atoms with Gasteiger partial charge in [-0.3, -0.25) is 0 Å². The maximum atomic E-state index is 11.3. The molecule has 0 aliphatic carbocycles. The molecule has 356 valence electrons. The number of phenolic OH excluding ortho intramolecular Hbond substituents is 3. The van der Waals surface area contributed by atoms with Crippen molar-refractivity contribution in [2.75, 3.05) is 20.8 Å². The van der Waals surface area contributed by atoms with Gasteiger partial charge in [0.2, 0.25) is 0 Å². The summed E-state index contributed by atoms with van der Waals surface area (Å²) in [5, 5.41) is 42.7. The van der Waals surface area contributed by atoms with Crippen molar-refractivity contribution in [2.24, 2.45) is 0 Å². The SMILES string of the molecule is C.CC(C)(C)c1cc(S)cc(C(C)(C)C)c1O.COC(C)(C)OC.Cc1c(SC(C)(C)Sc2cc(C(C)(C)C)c(O)c(C(C)(C)CCO)c2)cc(C(C)(C)C)c(O)c1C(C)(C)C. The van der Waals surface area contributed by atoms with Gasteiger partial charge in [-0.1, -0.05) is 125 Å². The molecule has 0 radical (unpaired) electrons. The van der Waals surface area contributed by atoms with Gasteiger partial charge in [0.15, 0.2) is 5.79 Å². The largest absolute Gasteiger partial charge is 0.507 e. The molecule has 0 amide bonds. The number of benzene rings is 3. The summed E-state index contributed by atoms with van der Waals surface area (Å²) < 4.78 is 9.50. The second kappa shape index (κ2) is 21.5. The number of hydrogen-bond donors (Lipinski definition) is 5. The number of rotatable bonds is 9. The van der Waals surface area contributed by atoms with Crippen LogP contribution in [-0.4, -0.2) is 51.1 Å². The predicted octanol–water partition coefficient (Wildman–Crippen LogP) is 15.5. The monoisotopic (exact) mass is 919 g/mol. The Morgan fingerprint density at radius 1 is 0.516 bits per heavy atom. The fourth-order valence-corrected chi connectivity index (χ4v) is 9.79. The molecular formula is C53H90O6S3. The van der Waals surface area contributed by atoms with Crippen molar-refractivity contribution in [3.05, 3.63) is 69.3 Å². The lowest BCUT2D eigenvalue weighted by Crippen LogP contribution is -2.24. The molecule has 0 atom stereocenters. The Kier molecular flexibility index (Phi) is 20.8. The van der Waals surface area contributed by atoms with Gasteiger partial charge >= 0.3 is 0 Å². The van der Waals surface area contributed by atoms with Crippen molar-refractivity contribution < 1.29 is 29.9 Å². The molecule has 3 aromatic carbocycles. The molecule has 0 fully saturated rings. The van der Waals surface area contributed by atoms with Crippen LogP contribution >= 0.6 is 36.2 Å². The average molecular weight is 919 g/mol. The molecule has 0 bridgehead atoms. The topological polar surface area (TPSA) is 99.4 Å². The van der Waals surface area contributed by atoms with Crippen molar-refractivity contribution in [3.63, 3.8) is 0 Å². The molecule has 0 unspecified atom stereocenters. The lowest BCUT2D eigenvalue weighted by atomic mass is 9.77. The number of phenols is 3. The van der Waals surface area contributed by atoms with E-state index in [1.807, 2.05) is 37.7 Å². The summed E-state index contributed by atoms with van der Waals surface area (Å²) in [4.78, 5) is 3.20. The quantitative estimate of drug-likeness (QED) is 0.0822. The smallest absolute Gasteiger partial charge is 0.161 e. The Hall–Kier alpha value is -2.01. The van der Waals surface area contributed by atoms with E-state index in [0.29, 0.717) is 23.7 Å². The van der Waals surface area contributed by atoms with Crippen molar-refractivity contribution in [1.29, 1.82) is 0 Å². The molecule has 0 aliphatic heterocycles. The van der Waals surface area contributed by atoms with Crippen LogP contribution in [-0.2, 0) is 42.0 Å². The van der Waals surface area contributed by atoms with Crippen LogP contribution in [0.3, 0.4) is 0 Å². The molecule has 9 heteroatoms. The van der Waals surface area contributed by atoms with Crippen molar-refractivity contribution in [2.45, 2.75) is 223 Å². The van der Waals surface area contributed by atoms with E-state index in [1.54, 1.807) is 26.0 Å². The maximum absolute atomic E-state index is 11.3. The Morgan fingerprint density at radius 3 is 1.21 bits per heavy atom. The first kappa shape index (κ1) is 60.0. The minimum Gasteiger partial charge on any atom is -0.507 e. The van der Waals surface area contributed by atoms with Gasteiger partial charge < -0.3 is 29.9 Å². The highest BCUT2D eigenvalue weighted by Gasteiger charge is 2.34. The molecule has 0 saturated carbocycles. The zero-order valence-corrected chi connectivity index (χ0v) is 45.2. The van der Waals surface area contributed by atoms with E-state index < -0.39 is 5.79 Å². The van der Waals surface area contributed by atoms with Gasteiger partial charge in [-0.25, -0.2) is 0 Å². The zero-order valence-electron chi connectivity index (χ0n) is 42.7. The van der Waals surface area contributed by atoms with E-state index in [2.05, 4.69) is 169 Å². The molecule has 3 aromatic rings. The fraction of sp³-hybridized carbons (Fsp3) is 0.660. The van der Waals surface area contributed by atoms with Gasteiger partial charge in [-0.2, -0.15) is 0 Å². The zero-order chi connectivity index (χ0) is 48.3. The highest BCUT2D eigenvalue weighted by molar-refractivity contribution is 8.18. The number of ether oxygens (including phenoxy) is 2. The summed E-state index contributed by atoms with van der Waals surface area (Å²) in [7, 11) is 3.23. The van der Waals surface area contributed by atoms with Gasteiger partial charge in [-0.15, -0.1) is 36.2 Å². The van der Waals surface area contributed by atoms with Crippen molar-refractivity contribution in [3.8, 4) is 17.2 Å². The van der Waals surface area contributed by atoms with Crippen LogP contribution in [0.5, 0.6) is 17.2 Å². The molecule has 0 saturated heterocycles. The molecule has 0 heterocycles. The van der Waals surface area contributed by atoms with Crippen LogP contribution < -0.4 is 0 Å². The molecule has 4 N–H and O–H groups in total. The molecule has 0 spiro atoms. The Morgan fingerprint density at radius 2 is 0.871 bits per heavy atom. The van der Waals surface area contributed by atoms with E-state index in [-0.39, 0.29) is 50.6 Å². The third kappa shape index (κ3) is 16.8. The summed E-state index contributed by atoms with van der Waals surface area (Å²) in [6.45, 7) is 46.5. The maximum Gasteiger partial charge on any atom is 0.161 e. The van der Waals surface area contributed by atoms with Gasteiger partial charge in [0.25, 0.3) is 0 Å². The first-order valence-corrected chi connectivity index (χ1v) is 23.6. The third-order valence-electron chi connectivity index (χ3n) is 10.8. The van der Waals surface area contributed by atoms with Crippen LogP contribution in [0.2, 0.25) is 0 Å². The summed E-state index contributed by atoms with van der Waals surface area (Å²) in [5.74, 6) is 0.754. The Bertz CT molecular complexity index is 1880. The molecule has 3 rings (SSSR count). The summed E-state index contributed by atoms with van der Waals surface area (Å²) in [6.07, 6.45) is 0.578. The number of methoxy groups -OCH3 is 2. The molecule has 0 aromatic heterocycles. The second-order valence-electron chi connectivity index (χ2n) is 23.0. The first-order valence-electron chi connectivity index (χ1n) is 21.5. The predicted molar refractivity (Wildman–Crippen MR) is 275 cm³/mol. The Labute approximate surface area is 394 Å². The number of aliphatic hydroxyl groups is 1. The van der Waals surface area contributed by atoms with E-state index in [0.717, 1.165) is 48.7 Å². The summed E-state index contributed by atoms with van der Waals surface area (Å²) >= 11 is 8.05. The summed E-state index contributed by atoms with van der Waals surface area (Å²) in [5.41, 5.74) is 5.77. The molecular weight excluding hydrogens is 829 g/mol. The average Bonchev–Trinajstić information content (AvgIpc) is 3.05. The number of thiol groups is 1. The number of aliphatic hydroxyl groups excluding tert-OH is 1. The van der Waals surface area contributed by atoms with Crippen molar-refractivity contribution in [1.82, 2.24) is 0 Å². The fourth-order valence-electron chi connectivity index (χ4n) is 6.92. The van der Waals surface area contributed by atoms with E-state index >= 15 is 0 Å². The molecule has 0 aliphatic rings. The molecule has 62 heavy (non-hydrogen) atoms. The minimum atomic E-state index is -0.417. The summed E-state index contributed by atoms with van der Waals surface area (Å²) in [6, 6.07) is 10.3. The van der Waals surface area contributed by atoms with Gasteiger partial charge in [0.1, 0.15) is 17.2 Å². The van der Waals surface area contributed by atoms with Crippen LogP contribution in [0, 0.1) is 6.92 Å². The Balaban J connectivity index is 0.00000127. The third-order valence-corrected chi connectivity index (χ3v) is 13.7. The first-order chi connectivity index (χ1) is 27.1. The van der Waals surface area contributed by atoms with Crippen LogP contribution in [0.25, 0.3) is 0 Å². The van der Waals surface area contributed by atoms with Crippen LogP contribution in [0.1, 0.15) is 198 Å². The number of aromatic hydroxyl groups is 3. The van der Waals surface area contributed by atoms with Gasteiger partial charge in [-0.05, 0) is 109 Å². The van der Waals surface area contributed by atoms with Gasteiger partial charge in [0, 0.05) is 68.9 Å². The second-order valence-corrected chi connectivity index (χ2v) is 27.2. The van der Waals surface area contributed by atoms with E-state index in [1.165, 1.54) is 4.90 Å². The number of thioether (sulfide) groups is 2. The standard InChI is InChI=1S/C33H52O3S2.C14H22OS.C5H12O2.CH4/c1-20-25(19-23(30(5,6)7)28(36)26(20)31(8,9)10)38-33(13,14)37-21-17-22(29(2,3)4)27(35)24(18-21)32(11,12)15-16-34;1-13(2,3)10-7-9(16)8-11(12(10)15)14(4,5)6;1-5(2,6-3)7-4;/h17-19,34-36H,15-16H2,1-14H3;7-8,15-16H,1-6H3;1-4H3;1H4. The minimum absolute atomic E-state index is 0. The lowest BCUT2D eigenvalue weighted by molar-refractivity contribution is -0.178. The van der Waals surface area contributed by atoms with E-state index in [4.69, 9.17) is 9.47 Å². The normalized spacial score (nSPS) is 13.1.